The molecule has 0 saturated carbocycles. The Morgan fingerprint density at radius 3 is 2.39 bits per heavy atom. The van der Waals surface area contributed by atoms with Crippen molar-refractivity contribution in [3.63, 3.8) is 0 Å². The van der Waals surface area contributed by atoms with Crippen molar-refractivity contribution >= 4 is 27.5 Å². The highest BCUT2D eigenvalue weighted by atomic mass is 15.1. The van der Waals surface area contributed by atoms with Gasteiger partial charge in [0.25, 0.3) is 5.65 Å². The summed E-state index contributed by atoms with van der Waals surface area (Å²) in [7, 11) is 1.97. The molecule has 3 aromatic heterocycles. The fourth-order valence-electron chi connectivity index (χ4n) is 5.80. The van der Waals surface area contributed by atoms with Gasteiger partial charge in [-0.15, -0.1) is 0 Å². The van der Waals surface area contributed by atoms with Crippen LogP contribution in [0.25, 0.3) is 38.7 Å². The number of nitrogens with zero attached hydrogens (tertiary/aromatic N) is 3. The molecule has 166 valence electrons. The van der Waals surface area contributed by atoms with Crippen LogP contribution in [0.2, 0.25) is 0 Å². The molecule has 3 heteroatoms. The van der Waals surface area contributed by atoms with E-state index in [-0.39, 0.29) is 5.56 Å². The minimum atomic E-state index is -2.38. The lowest BCUT2D eigenvalue weighted by Gasteiger charge is -2.43. The molecule has 5 aromatic rings. The van der Waals surface area contributed by atoms with Crippen LogP contribution in [0.3, 0.4) is 0 Å². The molecule has 1 atom stereocenters. The molecule has 6 rings (SSSR count). The maximum Gasteiger partial charge on any atom is 0.297 e. The average molecular weight is 441 g/mol. The molecule has 0 spiro atoms. The Balaban J connectivity index is 2.08. The Kier molecular flexibility index (Phi) is 2.80. The van der Waals surface area contributed by atoms with Gasteiger partial charge in [0.2, 0.25) is 0 Å². The minimum Gasteiger partial charge on any atom is -0.255 e. The first-order valence-corrected chi connectivity index (χ1v) is 11.4. The summed E-state index contributed by atoms with van der Waals surface area (Å²) in [5.41, 5.74) is 5.35. The lowest BCUT2D eigenvalue weighted by atomic mass is 9.60. The zero-order chi connectivity index (χ0) is 28.4. The van der Waals surface area contributed by atoms with Gasteiger partial charge >= 0.3 is 0 Å². The van der Waals surface area contributed by atoms with Gasteiger partial charge in [-0.25, -0.2) is 4.57 Å². The third kappa shape index (κ3) is 2.25. The van der Waals surface area contributed by atoms with E-state index in [1.807, 2.05) is 78.1 Å². The molecule has 0 amide bonds. The van der Waals surface area contributed by atoms with Gasteiger partial charge in [-0.3, -0.25) is 4.98 Å². The predicted molar refractivity (Wildman–Crippen MR) is 137 cm³/mol. The molecule has 1 aliphatic heterocycles. The molecular weight excluding hydrogens is 402 g/mol. The van der Waals surface area contributed by atoms with Crippen molar-refractivity contribution in [1.29, 1.82) is 0 Å². The summed E-state index contributed by atoms with van der Waals surface area (Å²) in [4.78, 5) is 4.86. The molecule has 3 nitrogen and oxygen atoms in total. The topological polar surface area (TPSA) is 21.2 Å². The van der Waals surface area contributed by atoms with Gasteiger partial charge in [0.05, 0.1) is 23.3 Å². The monoisotopic (exact) mass is 440 g/mol. The van der Waals surface area contributed by atoms with Crippen molar-refractivity contribution in [2.75, 3.05) is 0 Å². The summed E-state index contributed by atoms with van der Waals surface area (Å²) < 4.78 is 56.2. The standard InChI is InChI=1S/C30H32N3/c1-17-14-15-21-26-22(17)24-23(19(3)18(2)16-31-24)28-32(8)25(20-12-10-9-11-13-20)27(33(26)28)30(6,7)29(21,4)5/h9-16H,1-8H3/q+1/i1D3,6D3. The number of fused-ring (bicyclic) bond motifs is 3. The van der Waals surface area contributed by atoms with E-state index in [0.29, 0.717) is 16.6 Å². The molecule has 1 aliphatic rings. The highest BCUT2D eigenvalue weighted by molar-refractivity contribution is 6.13. The lowest BCUT2D eigenvalue weighted by Crippen LogP contribution is -2.44. The number of rotatable bonds is 1. The first-order valence-electron chi connectivity index (χ1n) is 14.4. The van der Waals surface area contributed by atoms with Crippen LogP contribution >= 0.6 is 0 Å². The molecule has 0 saturated heterocycles. The van der Waals surface area contributed by atoms with Gasteiger partial charge < -0.3 is 0 Å². The van der Waals surface area contributed by atoms with Crippen molar-refractivity contribution in [3.8, 4) is 11.3 Å². The number of aryl methyl sites for hydroxylation is 4. The maximum absolute atomic E-state index is 8.93. The third-order valence-corrected chi connectivity index (χ3v) is 8.21. The van der Waals surface area contributed by atoms with Gasteiger partial charge in [0.1, 0.15) is 5.52 Å². The maximum atomic E-state index is 8.93. The Morgan fingerprint density at radius 1 is 0.939 bits per heavy atom. The van der Waals surface area contributed by atoms with Crippen LogP contribution in [0.15, 0.2) is 48.7 Å². The van der Waals surface area contributed by atoms with E-state index in [1.54, 1.807) is 12.3 Å². The second kappa shape index (κ2) is 6.22. The fraction of sp³-hybridized carbons (Fsp3) is 0.333. The number of hydrogen-bond donors (Lipinski definition) is 0. The average Bonchev–Trinajstić information content (AvgIpc) is 3.16. The largest absolute Gasteiger partial charge is 0.297 e. The highest BCUT2D eigenvalue weighted by Crippen LogP contribution is 2.53. The van der Waals surface area contributed by atoms with Gasteiger partial charge in [-0.05, 0) is 37.4 Å². The SMILES string of the molecule is [2H]C([2H])([2H])c1ccc2c3c1c1ncc(C)c(C)c1c1n3c(c(-c3ccccc3)[n+]1C)C(C)(C([2H])([2H])[2H])C2(C)C. The van der Waals surface area contributed by atoms with E-state index in [0.717, 1.165) is 44.5 Å². The molecule has 0 N–H and O–H groups in total. The zero-order valence-corrected chi connectivity index (χ0v) is 20.0. The predicted octanol–water partition coefficient (Wildman–Crippen LogP) is 6.63. The molecular formula is C30H32N3+. The van der Waals surface area contributed by atoms with Crippen molar-refractivity contribution in [2.24, 2.45) is 7.05 Å². The van der Waals surface area contributed by atoms with Gasteiger partial charge in [-0.2, -0.15) is 4.40 Å². The summed E-state index contributed by atoms with van der Waals surface area (Å²) in [6.07, 6.45) is 1.80. The summed E-state index contributed by atoms with van der Waals surface area (Å²) in [5.74, 6) is 0. The Morgan fingerprint density at radius 2 is 1.70 bits per heavy atom. The molecule has 0 bridgehead atoms. The van der Waals surface area contributed by atoms with Crippen LogP contribution in [-0.4, -0.2) is 9.38 Å². The lowest BCUT2D eigenvalue weighted by molar-refractivity contribution is -0.632. The van der Waals surface area contributed by atoms with Gasteiger partial charge in [-0.1, -0.05) is 70.1 Å². The van der Waals surface area contributed by atoms with E-state index in [2.05, 4.69) is 8.97 Å². The number of hydrogen-bond acceptors (Lipinski definition) is 1. The van der Waals surface area contributed by atoms with E-state index in [9.17, 15) is 0 Å². The van der Waals surface area contributed by atoms with Crippen LogP contribution < -0.4 is 4.57 Å². The Labute approximate surface area is 204 Å². The Hall–Kier alpha value is -3.20. The van der Waals surface area contributed by atoms with E-state index >= 15 is 0 Å². The van der Waals surface area contributed by atoms with E-state index < -0.39 is 24.5 Å². The van der Waals surface area contributed by atoms with Crippen molar-refractivity contribution < 1.29 is 12.8 Å². The van der Waals surface area contributed by atoms with Crippen molar-refractivity contribution in [1.82, 2.24) is 9.38 Å². The van der Waals surface area contributed by atoms with Crippen molar-refractivity contribution in [2.45, 2.75) is 59.2 Å². The van der Waals surface area contributed by atoms with Crippen LogP contribution in [0, 0.1) is 20.7 Å². The quantitative estimate of drug-likeness (QED) is 0.212. The van der Waals surface area contributed by atoms with Crippen LogP contribution in [0.1, 0.15) is 63.8 Å². The molecule has 0 radical (unpaired) electrons. The van der Waals surface area contributed by atoms with E-state index in [4.69, 9.17) is 13.2 Å². The zero-order valence-electron chi connectivity index (χ0n) is 26.0. The van der Waals surface area contributed by atoms with Crippen molar-refractivity contribution in [3.05, 3.63) is 76.6 Å². The first kappa shape index (κ1) is 14.8. The van der Waals surface area contributed by atoms with Crippen LogP contribution in [-0.2, 0) is 17.9 Å². The van der Waals surface area contributed by atoms with Crippen LogP contribution in [0.4, 0.5) is 0 Å². The molecule has 4 heterocycles. The summed E-state index contributed by atoms with van der Waals surface area (Å²) in [6.45, 7) is 5.04. The molecule has 0 aliphatic carbocycles. The summed E-state index contributed by atoms with van der Waals surface area (Å²) in [5, 5.41) is 1.40. The molecule has 1 unspecified atom stereocenters. The second-order valence-electron chi connectivity index (χ2n) is 10.2. The molecule has 2 aromatic carbocycles. The minimum absolute atomic E-state index is 0.223. The number of imidazole rings is 1. The van der Waals surface area contributed by atoms with Gasteiger partial charge in [0, 0.05) is 36.4 Å². The van der Waals surface area contributed by atoms with Gasteiger partial charge in [0.15, 0.2) is 11.4 Å². The highest BCUT2D eigenvalue weighted by Gasteiger charge is 2.52. The first-order chi connectivity index (χ1) is 18.0. The molecule has 0 fully saturated rings. The number of pyridine rings is 2. The third-order valence-electron chi connectivity index (χ3n) is 8.21. The smallest absolute Gasteiger partial charge is 0.255 e. The number of aromatic nitrogens is 3. The number of benzene rings is 2. The Bertz CT molecular complexity index is 1850. The summed E-state index contributed by atoms with van der Waals surface area (Å²) >= 11 is 0. The van der Waals surface area contributed by atoms with E-state index in [1.165, 1.54) is 0 Å². The molecule has 33 heavy (non-hydrogen) atoms. The van der Waals surface area contributed by atoms with Crippen LogP contribution in [0.5, 0.6) is 0 Å². The normalized spacial score (nSPS) is 22.7. The second-order valence-corrected chi connectivity index (χ2v) is 10.2. The summed E-state index contributed by atoms with van der Waals surface area (Å²) in [6, 6.07) is 13.3. The fourth-order valence-corrected chi connectivity index (χ4v) is 5.80.